The zero-order chi connectivity index (χ0) is 18.1. The summed E-state index contributed by atoms with van der Waals surface area (Å²) in [6.45, 7) is 2.12. The fourth-order valence-corrected chi connectivity index (χ4v) is 2.65. The topological polar surface area (TPSA) is 55.4 Å². The Balaban J connectivity index is 1.83. The highest BCUT2D eigenvalue weighted by molar-refractivity contribution is 9.10. The molecule has 25 heavy (non-hydrogen) atoms. The van der Waals surface area contributed by atoms with E-state index < -0.39 is 0 Å². The van der Waals surface area contributed by atoms with E-state index in [0.29, 0.717) is 19.4 Å². The van der Waals surface area contributed by atoms with Gasteiger partial charge in [-0.15, -0.1) is 0 Å². The number of halogens is 1. The predicted octanol–water partition coefficient (Wildman–Crippen LogP) is 4.60. The van der Waals surface area contributed by atoms with Crippen LogP contribution in [0.15, 0.2) is 59.1 Å². The molecule has 0 heterocycles. The van der Waals surface area contributed by atoms with E-state index in [-0.39, 0.29) is 11.9 Å². The van der Waals surface area contributed by atoms with Gasteiger partial charge in [-0.25, -0.2) is 4.79 Å². The van der Waals surface area contributed by atoms with Gasteiger partial charge in [-0.1, -0.05) is 40.2 Å². The molecule has 4 nitrogen and oxygen atoms in total. The Morgan fingerprint density at radius 3 is 2.60 bits per heavy atom. The number of rotatable bonds is 7. The van der Waals surface area contributed by atoms with E-state index in [2.05, 4.69) is 21.2 Å². The maximum atomic E-state index is 12.0. The van der Waals surface area contributed by atoms with Crippen LogP contribution in [0, 0.1) is 0 Å². The first-order valence-electron chi connectivity index (χ1n) is 8.06. The third kappa shape index (κ3) is 6.93. The van der Waals surface area contributed by atoms with Crippen LogP contribution in [0.2, 0.25) is 0 Å². The van der Waals surface area contributed by atoms with Gasteiger partial charge in [-0.05, 0) is 54.8 Å². The number of carbonyl (C=O) groups is 2. The highest BCUT2D eigenvalue weighted by atomic mass is 79.9. The first-order chi connectivity index (χ1) is 12.1. The SMILES string of the molecule is CCOC(=O)/C=C/c1ccc(NC(=O)CCc2cccc(Br)c2)cc1. The Labute approximate surface area is 156 Å². The zero-order valence-electron chi connectivity index (χ0n) is 14.0. The van der Waals surface area contributed by atoms with Crippen molar-refractivity contribution < 1.29 is 14.3 Å². The molecule has 0 saturated carbocycles. The summed E-state index contributed by atoms with van der Waals surface area (Å²) in [5.41, 5.74) is 2.71. The van der Waals surface area contributed by atoms with Gasteiger partial charge in [0.25, 0.3) is 0 Å². The van der Waals surface area contributed by atoms with Crippen molar-refractivity contribution in [3.8, 4) is 0 Å². The van der Waals surface area contributed by atoms with Crippen molar-refractivity contribution in [2.75, 3.05) is 11.9 Å². The third-order valence-electron chi connectivity index (χ3n) is 3.42. The molecule has 0 bridgehead atoms. The van der Waals surface area contributed by atoms with Gasteiger partial charge >= 0.3 is 5.97 Å². The molecule has 130 valence electrons. The lowest BCUT2D eigenvalue weighted by atomic mass is 10.1. The monoisotopic (exact) mass is 401 g/mol. The highest BCUT2D eigenvalue weighted by Crippen LogP contribution is 2.14. The molecule has 5 heteroatoms. The van der Waals surface area contributed by atoms with E-state index >= 15 is 0 Å². The number of hydrogen-bond donors (Lipinski definition) is 1. The summed E-state index contributed by atoms with van der Waals surface area (Å²) in [7, 11) is 0. The molecule has 0 fully saturated rings. The van der Waals surface area contributed by atoms with Crippen molar-refractivity contribution in [2.24, 2.45) is 0 Å². The summed E-state index contributed by atoms with van der Waals surface area (Å²) < 4.78 is 5.84. The van der Waals surface area contributed by atoms with E-state index in [1.807, 2.05) is 48.5 Å². The molecule has 0 atom stereocenters. The van der Waals surface area contributed by atoms with Gasteiger partial charge in [-0.3, -0.25) is 4.79 Å². The Morgan fingerprint density at radius 2 is 1.92 bits per heavy atom. The van der Waals surface area contributed by atoms with Crippen molar-refractivity contribution in [3.05, 3.63) is 70.2 Å². The average molecular weight is 402 g/mol. The van der Waals surface area contributed by atoms with Gasteiger partial charge in [-0.2, -0.15) is 0 Å². The molecular weight excluding hydrogens is 382 g/mol. The molecule has 0 radical (unpaired) electrons. The van der Waals surface area contributed by atoms with Gasteiger partial charge in [0.15, 0.2) is 0 Å². The van der Waals surface area contributed by atoms with Crippen LogP contribution >= 0.6 is 15.9 Å². The normalized spacial score (nSPS) is 10.6. The van der Waals surface area contributed by atoms with Crippen LogP contribution in [-0.2, 0) is 20.7 Å². The first-order valence-corrected chi connectivity index (χ1v) is 8.85. The van der Waals surface area contributed by atoms with E-state index in [0.717, 1.165) is 21.3 Å². The van der Waals surface area contributed by atoms with Gasteiger partial charge in [0.05, 0.1) is 6.61 Å². The van der Waals surface area contributed by atoms with Crippen LogP contribution in [-0.4, -0.2) is 18.5 Å². The summed E-state index contributed by atoms with van der Waals surface area (Å²) in [6, 6.07) is 15.2. The molecule has 0 aromatic heterocycles. The molecule has 1 amide bonds. The molecule has 0 aliphatic rings. The molecule has 0 aliphatic heterocycles. The minimum atomic E-state index is -0.368. The molecule has 2 aromatic carbocycles. The minimum absolute atomic E-state index is 0.0326. The largest absolute Gasteiger partial charge is 0.463 e. The summed E-state index contributed by atoms with van der Waals surface area (Å²) in [4.78, 5) is 23.3. The van der Waals surface area contributed by atoms with E-state index in [9.17, 15) is 9.59 Å². The second kappa shape index (κ2) is 9.79. The fourth-order valence-electron chi connectivity index (χ4n) is 2.21. The number of ether oxygens (including phenoxy) is 1. The maximum absolute atomic E-state index is 12.0. The standard InChI is InChI=1S/C20H20BrNO3/c1-2-25-20(24)13-9-15-6-10-18(11-7-15)22-19(23)12-8-16-4-3-5-17(21)14-16/h3-7,9-11,13-14H,2,8,12H2,1H3,(H,22,23)/b13-9+. The Bertz CT molecular complexity index is 754. The number of nitrogens with one attached hydrogen (secondary N) is 1. The second-order valence-corrected chi connectivity index (χ2v) is 6.30. The van der Waals surface area contributed by atoms with Crippen LogP contribution in [0.25, 0.3) is 6.08 Å². The van der Waals surface area contributed by atoms with Crippen molar-refractivity contribution in [2.45, 2.75) is 19.8 Å². The summed E-state index contributed by atoms with van der Waals surface area (Å²) in [5, 5.41) is 2.87. The Hall–Kier alpha value is -2.40. The Morgan fingerprint density at radius 1 is 1.16 bits per heavy atom. The third-order valence-corrected chi connectivity index (χ3v) is 3.92. The van der Waals surface area contributed by atoms with E-state index in [4.69, 9.17) is 4.74 Å². The first kappa shape index (κ1) is 18.9. The van der Waals surface area contributed by atoms with E-state index in [1.54, 1.807) is 13.0 Å². The number of hydrogen-bond acceptors (Lipinski definition) is 3. The lowest BCUT2D eigenvalue weighted by Gasteiger charge is -2.06. The number of amides is 1. The molecule has 2 rings (SSSR count). The molecule has 0 aliphatic carbocycles. The predicted molar refractivity (Wildman–Crippen MR) is 103 cm³/mol. The lowest BCUT2D eigenvalue weighted by molar-refractivity contribution is -0.137. The van der Waals surface area contributed by atoms with Crippen molar-refractivity contribution >= 4 is 39.6 Å². The zero-order valence-corrected chi connectivity index (χ0v) is 15.6. The Kier molecular flexibility index (Phi) is 7.41. The van der Waals surface area contributed by atoms with Crippen LogP contribution in [0.5, 0.6) is 0 Å². The van der Waals surface area contributed by atoms with Gasteiger partial charge in [0, 0.05) is 22.7 Å². The molecular formula is C20H20BrNO3. The van der Waals surface area contributed by atoms with Crippen LogP contribution in [0.3, 0.4) is 0 Å². The molecule has 2 aromatic rings. The molecule has 0 spiro atoms. The van der Waals surface area contributed by atoms with Crippen molar-refractivity contribution in [1.29, 1.82) is 0 Å². The number of anilines is 1. The molecule has 0 saturated heterocycles. The van der Waals surface area contributed by atoms with Gasteiger partial charge in [0.1, 0.15) is 0 Å². The van der Waals surface area contributed by atoms with Crippen molar-refractivity contribution in [1.82, 2.24) is 0 Å². The van der Waals surface area contributed by atoms with Crippen LogP contribution in [0.4, 0.5) is 5.69 Å². The fraction of sp³-hybridized carbons (Fsp3) is 0.200. The summed E-state index contributed by atoms with van der Waals surface area (Å²) in [6.07, 6.45) is 4.17. The highest BCUT2D eigenvalue weighted by Gasteiger charge is 2.04. The summed E-state index contributed by atoms with van der Waals surface area (Å²) in [5.74, 6) is -0.401. The maximum Gasteiger partial charge on any atom is 0.330 e. The smallest absolute Gasteiger partial charge is 0.330 e. The number of aryl methyl sites for hydroxylation is 1. The second-order valence-electron chi connectivity index (χ2n) is 5.39. The molecule has 0 unspecified atom stereocenters. The van der Waals surface area contributed by atoms with Gasteiger partial charge in [0.2, 0.25) is 5.91 Å². The summed E-state index contributed by atoms with van der Waals surface area (Å²) >= 11 is 3.42. The number of esters is 1. The number of carbonyl (C=O) groups excluding carboxylic acids is 2. The lowest BCUT2D eigenvalue weighted by Crippen LogP contribution is -2.12. The van der Waals surface area contributed by atoms with Crippen LogP contribution in [0.1, 0.15) is 24.5 Å². The van der Waals surface area contributed by atoms with Gasteiger partial charge < -0.3 is 10.1 Å². The van der Waals surface area contributed by atoms with Crippen LogP contribution < -0.4 is 5.32 Å². The minimum Gasteiger partial charge on any atom is -0.463 e. The quantitative estimate of drug-likeness (QED) is 0.544. The molecule has 1 N–H and O–H groups in total. The van der Waals surface area contributed by atoms with Crippen molar-refractivity contribution in [3.63, 3.8) is 0 Å². The van der Waals surface area contributed by atoms with E-state index in [1.165, 1.54) is 6.08 Å². The average Bonchev–Trinajstić information content (AvgIpc) is 2.60. The number of benzene rings is 2.